The van der Waals surface area contributed by atoms with E-state index in [1.54, 1.807) is 0 Å². The monoisotopic (exact) mass is 358 g/mol. The molecule has 6 N–H and O–H groups in total. The van der Waals surface area contributed by atoms with Crippen LogP contribution < -0.4 is 27.0 Å². The molecule has 136 valence electrons. The third-order valence-corrected chi connectivity index (χ3v) is 4.71. The van der Waals surface area contributed by atoms with Crippen molar-refractivity contribution in [3.05, 3.63) is 96.6 Å². The molecular formula is C21H22N6. The number of hydrogen-bond acceptors (Lipinski definition) is 6. The summed E-state index contributed by atoms with van der Waals surface area (Å²) in [6.07, 6.45) is -0.724. The van der Waals surface area contributed by atoms with E-state index in [2.05, 4.69) is 4.99 Å². The van der Waals surface area contributed by atoms with Gasteiger partial charge in [0.15, 0.2) is 6.29 Å². The topological polar surface area (TPSA) is 96.9 Å². The van der Waals surface area contributed by atoms with Crippen molar-refractivity contribution >= 4 is 17.3 Å². The number of nitrogens with two attached hydrogens (primary N) is 3. The zero-order chi connectivity index (χ0) is 18.9. The fraction of sp³-hybridized carbons (Fsp3) is 0.0952. The molecule has 0 radical (unpaired) electrons. The van der Waals surface area contributed by atoms with Crippen LogP contribution in [-0.2, 0) is 5.79 Å². The molecule has 0 spiro atoms. The Morgan fingerprint density at radius 3 is 1.78 bits per heavy atom. The minimum absolute atomic E-state index is 0.271. The highest BCUT2D eigenvalue weighted by Crippen LogP contribution is 2.38. The Labute approximate surface area is 158 Å². The lowest BCUT2D eigenvalue weighted by Crippen LogP contribution is -2.74. The van der Waals surface area contributed by atoms with E-state index in [1.807, 2.05) is 101 Å². The van der Waals surface area contributed by atoms with Crippen LogP contribution in [0.5, 0.6) is 0 Å². The second-order valence-electron chi connectivity index (χ2n) is 6.37. The Balaban J connectivity index is 1.98. The van der Waals surface area contributed by atoms with Crippen molar-refractivity contribution in [3.8, 4) is 0 Å². The van der Waals surface area contributed by atoms with Crippen LogP contribution in [0, 0.1) is 0 Å². The Bertz CT molecular complexity index is 929. The summed E-state index contributed by atoms with van der Waals surface area (Å²) in [5.41, 5.74) is 22.4. The largest absolute Gasteiger partial charge is 0.369 e. The number of para-hydroxylation sites is 2. The summed E-state index contributed by atoms with van der Waals surface area (Å²) in [5, 5.41) is 0. The number of hydrogen-bond donors (Lipinski definition) is 3. The average molecular weight is 358 g/mol. The van der Waals surface area contributed by atoms with Crippen molar-refractivity contribution < 1.29 is 0 Å². The van der Waals surface area contributed by atoms with Gasteiger partial charge in [0.2, 0.25) is 11.7 Å². The van der Waals surface area contributed by atoms with Crippen LogP contribution >= 0.6 is 0 Å². The number of anilines is 2. The Kier molecular flexibility index (Phi) is 4.27. The van der Waals surface area contributed by atoms with Crippen LogP contribution in [-0.4, -0.2) is 12.2 Å². The van der Waals surface area contributed by atoms with Crippen LogP contribution in [0.25, 0.3) is 0 Å². The van der Waals surface area contributed by atoms with Crippen LogP contribution in [0.1, 0.15) is 5.56 Å². The molecule has 0 aliphatic carbocycles. The summed E-state index contributed by atoms with van der Waals surface area (Å²) < 4.78 is 0. The van der Waals surface area contributed by atoms with Crippen LogP contribution in [0.15, 0.2) is 96.0 Å². The van der Waals surface area contributed by atoms with Crippen molar-refractivity contribution in [3.63, 3.8) is 0 Å². The summed E-state index contributed by atoms with van der Waals surface area (Å²) in [6.45, 7) is 0. The van der Waals surface area contributed by atoms with Gasteiger partial charge in [-0.2, -0.15) is 0 Å². The van der Waals surface area contributed by atoms with Gasteiger partial charge in [0.1, 0.15) is 0 Å². The summed E-state index contributed by atoms with van der Waals surface area (Å²) in [6, 6.07) is 29.3. The summed E-state index contributed by atoms with van der Waals surface area (Å²) >= 11 is 0. The summed E-state index contributed by atoms with van der Waals surface area (Å²) in [5.74, 6) is -0.887. The van der Waals surface area contributed by atoms with Gasteiger partial charge in [-0.05, 0) is 24.3 Å². The third kappa shape index (κ3) is 2.81. The van der Waals surface area contributed by atoms with E-state index in [1.165, 1.54) is 0 Å². The van der Waals surface area contributed by atoms with Gasteiger partial charge in [-0.1, -0.05) is 66.7 Å². The minimum atomic E-state index is -1.16. The normalized spacial score (nSPS) is 22.4. The van der Waals surface area contributed by atoms with E-state index >= 15 is 0 Å². The third-order valence-electron chi connectivity index (χ3n) is 4.71. The second-order valence-corrected chi connectivity index (χ2v) is 6.37. The highest BCUT2D eigenvalue weighted by atomic mass is 15.6. The second kappa shape index (κ2) is 6.75. The first-order valence-corrected chi connectivity index (χ1v) is 8.75. The molecule has 2 atom stereocenters. The van der Waals surface area contributed by atoms with Gasteiger partial charge in [-0.25, -0.2) is 4.99 Å². The Morgan fingerprint density at radius 2 is 1.22 bits per heavy atom. The molecule has 1 aliphatic heterocycles. The summed E-state index contributed by atoms with van der Waals surface area (Å²) in [7, 11) is 0. The van der Waals surface area contributed by atoms with Crippen LogP contribution in [0.2, 0.25) is 0 Å². The van der Waals surface area contributed by atoms with Gasteiger partial charge >= 0.3 is 0 Å². The van der Waals surface area contributed by atoms with Crippen molar-refractivity contribution in [1.29, 1.82) is 0 Å². The molecule has 6 heteroatoms. The van der Waals surface area contributed by atoms with Gasteiger partial charge in [0, 0.05) is 16.9 Å². The smallest absolute Gasteiger partial charge is 0.203 e. The van der Waals surface area contributed by atoms with Crippen molar-refractivity contribution in [2.45, 2.75) is 12.1 Å². The molecule has 2 unspecified atom stereocenters. The van der Waals surface area contributed by atoms with Gasteiger partial charge in [0.05, 0.1) is 0 Å². The molecule has 3 aromatic carbocycles. The lowest BCUT2D eigenvalue weighted by molar-refractivity contribution is 0.367. The zero-order valence-corrected chi connectivity index (χ0v) is 14.8. The highest BCUT2D eigenvalue weighted by Gasteiger charge is 2.48. The van der Waals surface area contributed by atoms with E-state index < -0.39 is 12.1 Å². The van der Waals surface area contributed by atoms with Crippen LogP contribution in [0.3, 0.4) is 0 Å². The molecule has 0 saturated carbocycles. The van der Waals surface area contributed by atoms with Crippen molar-refractivity contribution in [2.75, 3.05) is 9.80 Å². The van der Waals surface area contributed by atoms with Crippen LogP contribution in [0.4, 0.5) is 11.4 Å². The predicted octanol–water partition coefficient (Wildman–Crippen LogP) is 2.34. The molecule has 27 heavy (non-hydrogen) atoms. The molecule has 0 aromatic heterocycles. The SMILES string of the molecule is NC1=NC(N)N(c2ccccc2)C(N)(c2ccccc2)N1c1ccccc1. The number of nitrogens with zero attached hydrogens (tertiary/aromatic N) is 3. The maximum Gasteiger partial charge on any atom is 0.203 e. The number of benzene rings is 3. The molecular weight excluding hydrogens is 336 g/mol. The van der Waals surface area contributed by atoms with E-state index in [0.29, 0.717) is 0 Å². The fourth-order valence-corrected chi connectivity index (χ4v) is 3.53. The molecule has 1 heterocycles. The summed E-state index contributed by atoms with van der Waals surface area (Å²) in [4.78, 5) is 8.16. The molecule has 0 fully saturated rings. The highest BCUT2D eigenvalue weighted by molar-refractivity contribution is 5.98. The van der Waals surface area contributed by atoms with E-state index in [-0.39, 0.29) is 5.96 Å². The molecule has 6 nitrogen and oxygen atoms in total. The van der Waals surface area contributed by atoms with Crippen molar-refractivity contribution in [1.82, 2.24) is 0 Å². The number of rotatable bonds is 3. The zero-order valence-electron chi connectivity index (χ0n) is 14.8. The first kappa shape index (κ1) is 17.1. The fourth-order valence-electron chi connectivity index (χ4n) is 3.53. The van der Waals surface area contributed by atoms with Gasteiger partial charge in [0.25, 0.3) is 0 Å². The predicted molar refractivity (Wildman–Crippen MR) is 110 cm³/mol. The molecule has 0 bridgehead atoms. The molecule has 4 rings (SSSR count). The molecule has 0 saturated heterocycles. The maximum atomic E-state index is 7.12. The molecule has 3 aromatic rings. The lowest BCUT2D eigenvalue weighted by atomic mass is 10.0. The maximum absolute atomic E-state index is 7.12. The molecule has 0 amide bonds. The van der Waals surface area contributed by atoms with Gasteiger partial charge in [-0.15, -0.1) is 0 Å². The first-order chi connectivity index (χ1) is 13.1. The van der Waals surface area contributed by atoms with E-state index in [0.717, 1.165) is 16.9 Å². The van der Waals surface area contributed by atoms with E-state index in [4.69, 9.17) is 17.2 Å². The quantitative estimate of drug-likeness (QED) is 0.668. The lowest BCUT2D eigenvalue weighted by Gasteiger charge is -2.53. The Morgan fingerprint density at radius 1 is 0.741 bits per heavy atom. The number of guanidine groups is 1. The first-order valence-electron chi connectivity index (χ1n) is 8.75. The number of aliphatic imine (C=N–C) groups is 1. The van der Waals surface area contributed by atoms with Gasteiger partial charge in [-0.3, -0.25) is 21.3 Å². The minimum Gasteiger partial charge on any atom is -0.369 e. The standard InChI is InChI=1S/C21H22N6/c22-19-25-20(23)27(18-14-8-3-9-15-18)21(24,16-10-4-1-5-11-16)26(19)17-12-6-2-7-13-17/h1-15,19H,22,24H2,(H2,23,25). The Hall–Kier alpha value is -3.35. The molecule has 1 aliphatic rings. The van der Waals surface area contributed by atoms with Gasteiger partial charge < -0.3 is 5.73 Å². The van der Waals surface area contributed by atoms with Crippen molar-refractivity contribution in [2.24, 2.45) is 22.2 Å². The van der Waals surface area contributed by atoms with E-state index in [9.17, 15) is 0 Å². The average Bonchev–Trinajstić information content (AvgIpc) is 2.70.